The minimum absolute atomic E-state index is 0. The summed E-state index contributed by atoms with van der Waals surface area (Å²) in [5, 5.41) is 6.81. The number of hydrogen-bond acceptors (Lipinski definition) is 4. The molecule has 2 fully saturated rings. The van der Waals surface area contributed by atoms with Crippen molar-refractivity contribution in [3.63, 3.8) is 0 Å². The maximum absolute atomic E-state index is 12.5. The lowest BCUT2D eigenvalue weighted by molar-refractivity contribution is 0.0744. The van der Waals surface area contributed by atoms with Crippen LogP contribution >= 0.6 is 35.7 Å². The van der Waals surface area contributed by atoms with E-state index < -0.39 is 6.43 Å². The normalized spacial score (nSPS) is 22.1. The SMILES string of the molecule is CCNC(=NCC1(SC)CCOCC1)NC1CCN(CC(F)F)CC1.I. The Morgan fingerprint density at radius 2 is 1.96 bits per heavy atom. The van der Waals surface area contributed by atoms with Gasteiger partial charge in [-0.25, -0.2) is 8.78 Å². The molecule has 2 rings (SSSR count). The number of ether oxygens (including phenoxy) is 1. The molecule has 0 aromatic heterocycles. The van der Waals surface area contributed by atoms with Crippen LogP contribution in [0.1, 0.15) is 32.6 Å². The summed E-state index contributed by atoms with van der Waals surface area (Å²) in [5.74, 6) is 0.842. The molecule has 5 nitrogen and oxygen atoms in total. The Balaban J connectivity index is 0.00000338. The number of nitrogens with zero attached hydrogens (tertiary/aromatic N) is 2. The number of rotatable bonds is 7. The number of thioether (sulfide) groups is 1. The molecule has 26 heavy (non-hydrogen) atoms. The number of nitrogens with one attached hydrogen (secondary N) is 2. The first-order chi connectivity index (χ1) is 12.1. The Morgan fingerprint density at radius 1 is 1.31 bits per heavy atom. The van der Waals surface area contributed by atoms with Gasteiger partial charge in [-0.2, -0.15) is 11.8 Å². The smallest absolute Gasteiger partial charge is 0.251 e. The quantitative estimate of drug-likeness (QED) is 0.316. The molecule has 2 saturated heterocycles. The van der Waals surface area contributed by atoms with Gasteiger partial charge in [0, 0.05) is 43.6 Å². The summed E-state index contributed by atoms with van der Waals surface area (Å²) in [7, 11) is 0. The van der Waals surface area contributed by atoms with Crippen LogP contribution in [0.25, 0.3) is 0 Å². The van der Waals surface area contributed by atoms with Crippen LogP contribution in [-0.4, -0.2) is 80.3 Å². The number of likely N-dealkylation sites (tertiary alicyclic amines) is 1. The third-order valence-corrected chi connectivity index (χ3v) is 6.43. The summed E-state index contributed by atoms with van der Waals surface area (Å²) < 4.78 is 30.6. The largest absolute Gasteiger partial charge is 0.381 e. The number of piperidine rings is 1. The van der Waals surface area contributed by atoms with Gasteiger partial charge in [-0.1, -0.05) is 0 Å². The highest BCUT2D eigenvalue weighted by atomic mass is 127. The summed E-state index contributed by atoms with van der Waals surface area (Å²) >= 11 is 1.88. The van der Waals surface area contributed by atoms with Crippen molar-refractivity contribution in [3.8, 4) is 0 Å². The minimum atomic E-state index is -2.24. The molecule has 0 saturated carbocycles. The zero-order valence-corrected chi connectivity index (χ0v) is 19.0. The summed E-state index contributed by atoms with van der Waals surface area (Å²) in [6, 6.07) is 0.298. The van der Waals surface area contributed by atoms with E-state index in [1.54, 1.807) is 0 Å². The molecule has 0 amide bonds. The lowest BCUT2D eigenvalue weighted by Gasteiger charge is -2.35. The summed E-state index contributed by atoms with van der Waals surface area (Å²) in [6.07, 6.45) is 3.72. The van der Waals surface area contributed by atoms with E-state index in [0.717, 1.165) is 57.9 Å². The van der Waals surface area contributed by atoms with Crippen molar-refractivity contribution < 1.29 is 13.5 Å². The fourth-order valence-electron chi connectivity index (χ4n) is 3.36. The minimum Gasteiger partial charge on any atom is -0.381 e. The van der Waals surface area contributed by atoms with Gasteiger partial charge >= 0.3 is 0 Å². The third kappa shape index (κ3) is 8.02. The molecule has 0 aromatic carbocycles. The van der Waals surface area contributed by atoms with Crippen molar-refractivity contribution in [3.05, 3.63) is 0 Å². The molecule has 0 aliphatic carbocycles. The van der Waals surface area contributed by atoms with Gasteiger partial charge in [-0.05, 0) is 38.9 Å². The van der Waals surface area contributed by atoms with E-state index in [2.05, 4.69) is 23.8 Å². The fraction of sp³-hybridized carbons (Fsp3) is 0.941. The predicted octanol–water partition coefficient (Wildman–Crippen LogP) is 2.80. The second-order valence-electron chi connectivity index (χ2n) is 6.80. The van der Waals surface area contributed by atoms with Crippen molar-refractivity contribution in [2.45, 2.75) is 49.8 Å². The second kappa shape index (κ2) is 12.6. The van der Waals surface area contributed by atoms with E-state index >= 15 is 0 Å². The molecule has 0 spiro atoms. The molecular weight excluding hydrogens is 473 g/mol. The highest BCUT2D eigenvalue weighted by Gasteiger charge is 2.31. The lowest BCUT2D eigenvalue weighted by Crippen LogP contribution is -2.49. The highest BCUT2D eigenvalue weighted by Crippen LogP contribution is 2.34. The van der Waals surface area contributed by atoms with Crippen LogP contribution < -0.4 is 10.6 Å². The van der Waals surface area contributed by atoms with Gasteiger partial charge in [0.2, 0.25) is 0 Å². The van der Waals surface area contributed by atoms with Crippen LogP contribution in [0.5, 0.6) is 0 Å². The molecule has 2 heterocycles. The Kier molecular flexibility index (Phi) is 11.7. The molecule has 0 radical (unpaired) electrons. The highest BCUT2D eigenvalue weighted by molar-refractivity contribution is 14.0. The molecule has 9 heteroatoms. The number of guanidine groups is 1. The number of alkyl halides is 2. The molecule has 2 aliphatic rings. The number of aliphatic imine (C=N–C) groups is 1. The van der Waals surface area contributed by atoms with Crippen molar-refractivity contribution >= 4 is 41.7 Å². The van der Waals surface area contributed by atoms with E-state index in [-0.39, 0.29) is 35.3 Å². The van der Waals surface area contributed by atoms with Gasteiger partial charge < -0.3 is 15.4 Å². The van der Waals surface area contributed by atoms with Crippen LogP contribution in [0.2, 0.25) is 0 Å². The third-order valence-electron chi connectivity index (χ3n) is 5.03. The topological polar surface area (TPSA) is 48.9 Å². The van der Waals surface area contributed by atoms with E-state index in [4.69, 9.17) is 9.73 Å². The Morgan fingerprint density at radius 3 is 2.50 bits per heavy atom. The van der Waals surface area contributed by atoms with Crippen molar-refractivity contribution in [1.82, 2.24) is 15.5 Å². The van der Waals surface area contributed by atoms with Crippen molar-refractivity contribution in [2.75, 3.05) is 52.2 Å². The first-order valence-corrected chi connectivity index (χ1v) is 10.5. The lowest BCUT2D eigenvalue weighted by atomic mass is 9.99. The van der Waals surface area contributed by atoms with Crippen LogP contribution in [0.4, 0.5) is 8.78 Å². The second-order valence-corrected chi connectivity index (χ2v) is 8.08. The Labute approximate surface area is 177 Å². The Hall–Kier alpha value is 0.130. The van der Waals surface area contributed by atoms with Crippen LogP contribution in [0, 0.1) is 0 Å². The van der Waals surface area contributed by atoms with E-state index in [1.165, 1.54) is 0 Å². The predicted molar refractivity (Wildman–Crippen MR) is 116 cm³/mol. The van der Waals surface area contributed by atoms with Gasteiger partial charge in [0.25, 0.3) is 6.43 Å². The summed E-state index contributed by atoms with van der Waals surface area (Å²) in [4.78, 5) is 6.67. The number of halogens is 3. The van der Waals surface area contributed by atoms with E-state index in [9.17, 15) is 8.78 Å². The van der Waals surface area contributed by atoms with Gasteiger partial charge in [0.15, 0.2) is 5.96 Å². The maximum Gasteiger partial charge on any atom is 0.251 e. The zero-order valence-electron chi connectivity index (χ0n) is 15.8. The first kappa shape index (κ1) is 24.2. The van der Waals surface area contributed by atoms with Crippen LogP contribution in [0.15, 0.2) is 4.99 Å². The van der Waals surface area contributed by atoms with Gasteiger partial charge in [-0.15, -0.1) is 24.0 Å². The van der Waals surface area contributed by atoms with Crippen LogP contribution in [0.3, 0.4) is 0 Å². The molecule has 2 aliphatic heterocycles. The van der Waals surface area contributed by atoms with Gasteiger partial charge in [0.1, 0.15) is 0 Å². The standard InChI is InChI=1S/C17H32F2N4OS.HI/c1-3-20-16(21-13-17(25-2)6-10-24-11-7-17)22-14-4-8-23(9-5-14)12-15(18)19;/h14-15H,3-13H2,1-2H3,(H2,20,21,22);1H. The fourth-order valence-corrected chi connectivity index (χ4v) is 4.13. The first-order valence-electron chi connectivity index (χ1n) is 9.25. The molecule has 154 valence electrons. The summed E-state index contributed by atoms with van der Waals surface area (Å²) in [5.41, 5.74) is 0. The van der Waals surface area contributed by atoms with Crippen molar-refractivity contribution in [1.29, 1.82) is 0 Å². The average Bonchev–Trinajstić information content (AvgIpc) is 2.62. The molecule has 0 atom stereocenters. The zero-order chi connectivity index (χ0) is 18.1. The monoisotopic (exact) mass is 506 g/mol. The summed E-state index contributed by atoms with van der Waals surface area (Å²) in [6.45, 7) is 6.58. The van der Waals surface area contributed by atoms with E-state index in [1.807, 2.05) is 16.7 Å². The molecule has 0 unspecified atom stereocenters. The van der Waals surface area contributed by atoms with Gasteiger partial charge in [-0.3, -0.25) is 9.89 Å². The van der Waals surface area contributed by atoms with Crippen LogP contribution in [-0.2, 0) is 4.74 Å². The van der Waals surface area contributed by atoms with Gasteiger partial charge in [0.05, 0.1) is 13.1 Å². The van der Waals surface area contributed by atoms with E-state index in [0.29, 0.717) is 19.1 Å². The average molecular weight is 506 g/mol. The number of hydrogen-bond donors (Lipinski definition) is 2. The molecular formula is C17H33F2IN4OS. The van der Waals surface area contributed by atoms with Crippen molar-refractivity contribution in [2.24, 2.45) is 4.99 Å². The molecule has 2 N–H and O–H groups in total. The maximum atomic E-state index is 12.5. The Bertz CT molecular complexity index is 418. The molecule has 0 aromatic rings. The molecule has 0 bridgehead atoms.